The fourth-order valence-electron chi connectivity index (χ4n) is 3.12. The zero-order valence-corrected chi connectivity index (χ0v) is 14.0. The Morgan fingerprint density at radius 3 is 2.54 bits per heavy atom. The Bertz CT molecular complexity index is 867. The first kappa shape index (κ1) is 16.3. The zero-order chi connectivity index (χ0) is 17.1. The van der Waals surface area contributed by atoms with E-state index in [2.05, 4.69) is 53.3 Å². The van der Waals surface area contributed by atoms with E-state index in [0.717, 1.165) is 23.0 Å². The molecule has 0 saturated heterocycles. The molecule has 24 heavy (non-hydrogen) atoms. The highest BCUT2D eigenvalue weighted by atomic mass is 16.4. The fourth-order valence-corrected chi connectivity index (χ4v) is 3.12. The van der Waals surface area contributed by atoms with Gasteiger partial charge >= 0.3 is 5.97 Å². The minimum absolute atomic E-state index is 0.465. The lowest BCUT2D eigenvalue weighted by atomic mass is 10.1. The molecule has 0 aliphatic rings. The lowest BCUT2D eigenvalue weighted by Crippen LogP contribution is -2.35. The molecule has 2 N–H and O–H groups in total. The molecule has 0 fully saturated rings. The minimum Gasteiger partial charge on any atom is -0.480 e. The van der Waals surface area contributed by atoms with Gasteiger partial charge in [-0.3, -0.25) is 4.79 Å². The van der Waals surface area contributed by atoms with Crippen molar-refractivity contribution in [1.82, 2.24) is 9.88 Å². The molecule has 0 aliphatic heterocycles. The van der Waals surface area contributed by atoms with Crippen LogP contribution in [-0.2, 0) is 17.8 Å². The molecule has 0 saturated carbocycles. The Morgan fingerprint density at radius 2 is 1.83 bits per heavy atom. The van der Waals surface area contributed by atoms with Gasteiger partial charge in [0, 0.05) is 30.1 Å². The van der Waals surface area contributed by atoms with E-state index < -0.39 is 12.0 Å². The van der Waals surface area contributed by atoms with Gasteiger partial charge < -0.3 is 15.0 Å². The monoisotopic (exact) mass is 322 g/mol. The van der Waals surface area contributed by atoms with E-state index in [-0.39, 0.29) is 0 Å². The number of aryl methyl sites for hydroxylation is 1. The molecule has 1 heterocycles. The topological polar surface area (TPSA) is 54.3 Å². The molecule has 3 aromatic rings. The van der Waals surface area contributed by atoms with Crippen molar-refractivity contribution >= 4 is 16.9 Å². The molecule has 124 valence electrons. The second-order valence-corrected chi connectivity index (χ2v) is 6.11. The van der Waals surface area contributed by atoms with Crippen LogP contribution in [0.1, 0.15) is 16.7 Å². The van der Waals surface area contributed by atoms with Gasteiger partial charge in [0.25, 0.3) is 0 Å². The zero-order valence-electron chi connectivity index (χ0n) is 14.0. The molecule has 1 aromatic heterocycles. The van der Waals surface area contributed by atoms with Crippen LogP contribution in [0.15, 0.2) is 54.7 Å². The molecule has 0 amide bonds. The van der Waals surface area contributed by atoms with Crippen LogP contribution < -0.4 is 5.32 Å². The summed E-state index contributed by atoms with van der Waals surface area (Å²) < 4.78 is 2.21. The highest BCUT2D eigenvalue weighted by Crippen LogP contribution is 2.24. The van der Waals surface area contributed by atoms with Gasteiger partial charge in [-0.05, 0) is 36.7 Å². The van der Waals surface area contributed by atoms with Gasteiger partial charge in [-0.2, -0.15) is 0 Å². The molecule has 2 aromatic carbocycles. The first-order valence-electron chi connectivity index (χ1n) is 8.11. The first-order chi connectivity index (χ1) is 11.6. The quantitative estimate of drug-likeness (QED) is 0.733. The van der Waals surface area contributed by atoms with Gasteiger partial charge in [0.15, 0.2) is 0 Å². The molecule has 3 rings (SSSR count). The average molecular weight is 322 g/mol. The lowest BCUT2D eigenvalue weighted by Gasteiger charge is -2.10. The third kappa shape index (κ3) is 3.19. The molecule has 4 nitrogen and oxygen atoms in total. The number of nitrogens with zero attached hydrogens (tertiary/aromatic N) is 1. The van der Waals surface area contributed by atoms with Crippen molar-refractivity contribution in [2.45, 2.75) is 25.9 Å². The first-order valence-corrected chi connectivity index (χ1v) is 8.11. The molecule has 4 heteroatoms. The Balaban J connectivity index is 2.00. The Morgan fingerprint density at radius 1 is 1.12 bits per heavy atom. The van der Waals surface area contributed by atoms with E-state index in [1.165, 1.54) is 11.1 Å². The molecule has 0 radical (unpaired) electrons. The van der Waals surface area contributed by atoms with Gasteiger partial charge in [0.2, 0.25) is 0 Å². The Kier molecular flexibility index (Phi) is 4.67. The fraction of sp³-hybridized carbons (Fsp3) is 0.250. The number of carbonyl (C=O) groups is 1. The number of likely N-dealkylation sites (N-methyl/N-ethyl adjacent to an activating group) is 1. The van der Waals surface area contributed by atoms with Crippen molar-refractivity contribution in [2.24, 2.45) is 0 Å². The van der Waals surface area contributed by atoms with Gasteiger partial charge in [-0.1, -0.05) is 42.5 Å². The second-order valence-electron chi connectivity index (χ2n) is 6.11. The molecule has 1 atom stereocenters. The van der Waals surface area contributed by atoms with Crippen LogP contribution in [0.25, 0.3) is 10.9 Å². The number of hydrogen-bond donors (Lipinski definition) is 2. The highest BCUT2D eigenvalue weighted by Gasteiger charge is 2.18. The summed E-state index contributed by atoms with van der Waals surface area (Å²) in [5.74, 6) is -0.826. The molecule has 0 bridgehead atoms. The SMILES string of the molecule is CN[C@@H](Cc1cn(Cc2ccccc2C)c2ccccc12)C(=O)O. The Labute approximate surface area is 141 Å². The Hall–Kier alpha value is -2.59. The van der Waals surface area contributed by atoms with E-state index in [9.17, 15) is 9.90 Å². The summed E-state index contributed by atoms with van der Waals surface area (Å²) in [4.78, 5) is 11.3. The van der Waals surface area contributed by atoms with Crippen LogP contribution in [0, 0.1) is 6.92 Å². The summed E-state index contributed by atoms with van der Waals surface area (Å²) in [5.41, 5.74) is 4.72. The van der Waals surface area contributed by atoms with Crippen LogP contribution in [0.3, 0.4) is 0 Å². The third-order valence-corrected chi connectivity index (χ3v) is 4.54. The van der Waals surface area contributed by atoms with Crippen LogP contribution >= 0.6 is 0 Å². The molecule has 0 unspecified atom stereocenters. The predicted molar refractivity (Wildman–Crippen MR) is 96.4 cm³/mol. The van der Waals surface area contributed by atoms with Crippen LogP contribution in [0.5, 0.6) is 0 Å². The van der Waals surface area contributed by atoms with E-state index in [1.54, 1.807) is 7.05 Å². The molecular weight excluding hydrogens is 300 g/mol. The number of aromatic nitrogens is 1. The van der Waals surface area contributed by atoms with Crippen molar-refractivity contribution in [1.29, 1.82) is 0 Å². The maximum Gasteiger partial charge on any atom is 0.321 e. The number of hydrogen-bond acceptors (Lipinski definition) is 2. The number of fused-ring (bicyclic) bond motifs is 1. The normalized spacial score (nSPS) is 12.4. The number of carboxylic acid groups (broad SMARTS) is 1. The van der Waals surface area contributed by atoms with Crippen molar-refractivity contribution < 1.29 is 9.90 Å². The highest BCUT2D eigenvalue weighted by molar-refractivity contribution is 5.85. The van der Waals surface area contributed by atoms with Gasteiger partial charge in [-0.25, -0.2) is 0 Å². The van der Waals surface area contributed by atoms with Crippen LogP contribution in [0.4, 0.5) is 0 Å². The average Bonchev–Trinajstić information content (AvgIpc) is 2.92. The number of carboxylic acids is 1. The van der Waals surface area contributed by atoms with Crippen molar-refractivity contribution in [3.05, 3.63) is 71.4 Å². The summed E-state index contributed by atoms with van der Waals surface area (Å²) in [6.45, 7) is 2.90. The number of aliphatic carboxylic acids is 1. The molecule has 0 aliphatic carbocycles. The van der Waals surface area contributed by atoms with Gasteiger partial charge in [0.05, 0.1) is 0 Å². The maximum atomic E-state index is 11.3. The van der Waals surface area contributed by atoms with E-state index in [1.807, 2.05) is 18.2 Å². The van der Waals surface area contributed by atoms with Crippen molar-refractivity contribution in [3.63, 3.8) is 0 Å². The summed E-state index contributed by atoms with van der Waals surface area (Å²) in [7, 11) is 1.69. The smallest absolute Gasteiger partial charge is 0.321 e. The van der Waals surface area contributed by atoms with Gasteiger partial charge in [-0.15, -0.1) is 0 Å². The predicted octanol–water partition coefficient (Wildman–Crippen LogP) is 3.21. The second kappa shape index (κ2) is 6.89. The number of para-hydroxylation sites is 1. The van der Waals surface area contributed by atoms with Crippen LogP contribution in [-0.4, -0.2) is 28.7 Å². The summed E-state index contributed by atoms with van der Waals surface area (Å²) in [5, 5.41) is 13.3. The lowest BCUT2D eigenvalue weighted by molar-refractivity contribution is -0.139. The van der Waals surface area contributed by atoms with Crippen molar-refractivity contribution in [2.75, 3.05) is 7.05 Å². The number of benzene rings is 2. The van der Waals surface area contributed by atoms with Crippen molar-refractivity contribution in [3.8, 4) is 0 Å². The minimum atomic E-state index is -0.826. The third-order valence-electron chi connectivity index (χ3n) is 4.54. The summed E-state index contributed by atoms with van der Waals surface area (Å²) in [6.07, 6.45) is 2.55. The summed E-state index contributed by atoms with van der Waals surface area (Å²) >= 11 is 0. The summed E-state index contributed by atoms with van der Waals surface area (Å²) in [6, 6.07) is 15.9. The molecular formula is C20H22N2O2. The number of nitrogens with one attached hydrogen (secondary N) is 1. The van der Waals surface area contributed by atoms with E-state index in [0.29, 0.717) is 6.42 Å². The van der Waals surface area contributed by atoms with E-state index >= 15 is 0 Å². The standard InChI is InChI=1S/C20H22N2O2/c1-14-7-3-4-8-15(14)12-22-13-16(11-18(21-2)20(23)24)17-9-5-6-10-19(17)22/h3-10,13,18,21H,11-12H2,1-2H3,(H,23,24)/t18-/m0/s1. The maximum absolute atomic E-state index is 11.3. The molecule has 0 spiro atoms. The van der Waals surface area contributed by atoms with Crippen LogP contribution in [0.2, 0.25) is 0 Å². The number of rotatable bonds is 6. The van der Waals surface area contributed by atoms with Gasteiger partial charge in [0.1, 0.15) is 6.04 Å². The largest absolute Gasteiger partial charge is 0.480 e. The van der Waals surface area contributed by atoms with E-state index in [4.69, 9.17) is 0 Å².